The van der Waals surface area contributed by atoms with Crippen LogP contribution in [-0.2, 0) is 11.3 Å². The second-order valence-electron chi connectivity index (χ2n) is 6.34. The summed E-state index contributed by atoms with van der Waals surface area (Å²) in [6.45, 7) is 1.65. The number of benzene rings is 1. The van der Waals surface area contributed by atoms with Gasteiger partial charge in [-0.25, -0.2) is 4.39 Å². The molecule has 6 nitrogen and oxygen atoms in total. The van der Waals surface area contributed by atoms with Gasteiger partial charge in [0.05, 0.1) is 17.5 Å². The van der Waals surface area contributed by atoms with E-state index in [9.17, 15) is 14.0 Å². The lowest BCUT2D eigenvalue weighted by Gasteiger charge is -2.19. The normalized spacial score (nSPS) is 19.9. The molecule has 1 aromatic heterocycles. The van der Waals surface area contributed by atoms with Crippen LogP contribution >= 0.6 is 0 Å². The first-order valence-corrected chi connectivity index (χ1v) is 8.46. The number of halogens is 1. The lowest BCUT2D eigenvalue weighted by molar-refractivity contribution is -0.124. The average Bonchev–Trinajstić information content (AvgIpc) is 3.04. The van der Waals surface area contributed by atoms with Crippen molar-refractivity contribution in [3.63, 3.8) is 0 Å². The van der Waals surface area contributed by atoms with Gasteiger partial charge in [-0.1, -0.05) is 18.2 Å². The molecule has 0 radical (unpaired) electrons. The molecule has 2 amide bonds. The largest absolute Gasteiger partial charge is 0.359 e. The molecule has 3 rings (SSSR count). The highest BCUT2D eigenvalue weighted by molar-refractivity contribution is 5.95. The van der Waals surface area contributed by atoms with Crippen molar-refractivity contribution in [1.29, 1.82) is 0 Å². The van der Waals surface area contributed by atoms with Crippen LogP contribution in [-0.4, -0.2) is 47.9 Å². The first-order valence-electron chi connectivity index (χ1n) is 8.46. The van der Waals surface area contributed by atoms with Gasteiger partial charge >= 0.3 is 0 Å². The van der Waals surface area contributed by atoms with Gasteiger partial charge in [0, 0.05) is 39.1 Å². The van der Waals surface area contributed by atoms with Gasteiger partial charge in [-0.05, 0) is 23.8 Å². The van der Waals surface area contributed by atoms with E-state index in [4.69, 9.17) is 0 Å². The Kier molecular flexibility index (Phi) is 5.58. The summed E-state index contributed by atoms with van der Waals surface area (Å²) in [7, 11) is 1.57. The highest BCUT2D eigenvalue weighted by Gasteiger charge is 2.38. The van der Waals surface area contributed by atoms with Crippen molar-refractivity contribution in [2.24, 2.45) is 5.92 Å². The molecule has 2 heterocycles. The van der Waals surface area contributed by atoms with Crippen molar-refractivity contribution in [1.82, 2.24) is 20.5 Å². The van der Waals surface area contributed by atoms with Gasteiger partial charge in [-0.2, -0.15) is 0 Å². The van der Waals surface area contributed by atoms with Gasteiger partial charge in [-0.3, -0.25) is 19.5 Å². The number of carbonyl (C=O) groups is 2. The van der Waals surface area contributed by atoms with Crippen LogP contribution in [0.4, 0.5) is 4.39 Å². The van der Waals surface area contributed by atoms with Crippen LogP contribution < -0.4 is 10.6 Å². The third-order valence-electron chi connectivity index (χ3n) is 4.54. The van der Waals surface area contributed by atoms with E-state index in [-0.39, 0.29) is 11.5 Å². The SMILES string of the molecule is CNC(=O)[C@H]1CN(Cc2cccnc2)C[C@@H]1NC(=O)c1ccccc1F. The molecule has 136 valence electrons. The van der Waals surface area contributed by atoms with Crippen molar-refractivity contribution < 1.29 is 14.0 Å². The molecule has 2 atom stereocenters. The fourth-order valence-electron chi connectivity index (χ4n) is 3.25. The molecule has 0 saturated carbocycles. The molecule has 7 heteroatoms. The second-order valence-corrected chi connectivity index (χ2v) is 6.34. The Balaban J connectivity index is 1.72. The maximum Gasteiger partial charge on any atom is 0.254 e. The number of nitrogens with zero attached hydrogens (tertiary/aromatic N) is 2. The number of hydrogen-bond acceptors (Lipinski definition) is 4. The number of likely N-dealkylation sites (tertiary alicyclic amines) is 1. The lowest BCUT2D eigenvalue weighted by Crippen LogP contribution is -2.45. The van der Waals surface area contributed by atoms with Crippen LogP contribution in [0.25, 0.3) is 0 Å². The minimum atomic E-state index is -0.577. The van der Waals surface area contributed by atoms with Gasteiger partial charge in [0.1, 0.15) is 5.82 Å². The highest BCUT2D eigenvalue weighted by Crippen LogP contribution is 2.20. The van der Waals surface area contributed by atoms with E-state index in [0.717, 1.165) is 5.56 Å². The summed E-state index contributed by atoms with van der Waals surface area (Å²) in [5, 5.41) is 5.46. The topological polar surface area (TPSA) is 74.3 Å². The Bertz CT molecular complexity index is 784. The molecule has 2 aromatic rings. The van der Waals surface area contributed by atoms with E-state index in [1.807, 2.05) is 12.1 Å². The number of amides is 2. The highest BCUT2D eigenvalue weighted by atomic mass is 19.1. The number of rotatable bonds is 5. The van der Waals surface area contributed by atoms with E-state index < -0.39 is 23.7 Å². The zero-order valence-corrected chi connectivity index (χ0v) is 14.5. The minimum absolute atomic E-state index is 0.0196. The van der Waals surface area contributed by atoms with Gasteiger partial charge in [0.25, 0.3) is 5.91 Å². The molecular formula is C19H21FN4O2. The summed E-state index contributed by atoms with van der Waals surface area (Å²) in [5.74, 6) is -1.62. The Labute approximate surface area is 151 Å². The predicted molar refractivity (Wildman–Crippen MR) is 94.7 cm³/mol. The molecule has 1 fully saturated rings. The Morgan fingerprint density at radius 1 is 1.23 bits per heavy atom. The van der Waals surface area contributed by atoms with Crippen LogP contribution in [0.15, 0.2) is 48.8 Å². The standard InChI is InChI=1S/C19H21FN4O2/c1-21-18(25)15-11-24(10-13-5-4-8-22-9-13)12-17(15)23-19(26)14-6-2-3-7-16(14)20/h2-9,15,17H,10-12H2,1H3,(H,21,25)(H,23,26)/t15-,17-/m0/s1. The van der Waals surface area contributed by atoms with Gasteiger partial charge < -0.3 is 10.6 Å². The number of pyridine rings is 1. The molecule has 0 aliphatic carbocycles. The smallest absolute Gasteiger partial charge is 0.254 e. The summed E-state index contributed by atoms with van der Waals surface area (Å²) in [4.78, 5) is 30.8. The van der Waals surface area contributed by atoms with Crippen molar-refractivity contribution in [2.75, 3.05) is 20.1 Å². The van der Waals surface area contributed by atoms with Crippen molar-refractivity contribution in [2.45, 2.75) is 12.6 Å². The first kappa shape index (κ1) is 18.0. The van der Waals surface area contributed by atoms with Crippen LogP contribution in [0.5, 0.6) is 0 Å². The monoisotopic (exact) mass is 356 g/mol. The fraction of sp³-hybridized carbons (Fsp3) is 0.316. The van der Waals surface area contributed by atoms with Gasteiger partial charge in [-0.15, -0.1) is 0 Å². The quantitative estimate of drug-likeness (QED) is 0.844. The Hall–Kier alpha value is -2.80. The average molecular weight is 356 g/mol. The van der Waals surface area contributed by atoms with E-state index in [0.29, 0.717) is 19.6 Å². The molecule has 1 aromatic carbocycles. The van der Waals surface area contributed by atoms with Crippen molar-refractivity contribution in [3.8, 4) is 0 Å². The third kappa shape index (κ3) is 4.05. The molecule has 0 unspecified atom stereocenters. The molecule has 1 aliphatic heterocycles. The molecule has 2 N–H and O–H groups in total. The van der Waals surface area contributed by atoms with Crippen LogP contribution in [0, 0.1) is 11.7 Å². The number of aromatic nitrogens is 1. The second kappa shape index (κ2) is 8.05. The van der Waals surface area contributed by atoms with Crippen molar-refractivity contribution in [3.05, 3.63) is 65.7 Å². The van der Waals surface area contributed by atoms with E-state index >= 15 is 0 Å². The molecule has 0 spiro atoms. The summed E-state index contributed by atoms with van der Waals surface area (Å²) in [6.07, 6.45) is 3.48. The van der Waals surface area contributed by atoms with Crippen LogP contribution in [0.2, 0.25) is 0 Å². The maximum atomic E-state index is 13.8. The summed E-state index contributed by atoms with van der Waals surface area (Å²) < 4.78 is 13.8. The third-order valence-corrected chi connectivity index (χ3v) is 4.54. The van der Waals surface area contributed by atoms with Crippen LogP contribution in [0.1, 0.15) is 15.9 Å². The summed E-state index contributed by atoms with van der Waals surface area (Å²) >= 11 is 0. The zero-order chi connectivity index (χ0) is 18.5. The predicted octanol–water partition coefficient (Wildman–Crippen LogP) is 1.20. The molecule has 1 saturated heterocycles. The number of carbonyl (C=O) groups excluding carboxylic acids is 2. The molecule has 1 aliphatic rings. The minimum Gasteiger partial charge on any atom is -0.359 e. The lowest BCUT2D eigenvalue weighted by atomic mass is 10.0. The summed E-state index contributed by atoms with van der Waals surface area (Å²) in [6, 6.07) is 9.25. The molecule has 26 heavy (non-hydrogen) atoms. The van der Waals surface area contributed by atoms with Gasteiger partial charge in [0.15, 0.2) is 0 Å². The zero-order valence-electron chi connectivity index (χ0n) is 14.5. The Morgan fingerprint density at radius 2 is 2.04 bits per heavy atom. The fourth-order valence-corrected chi connectivity index (χ4v) is 3.25. The summed E-state index contributed by atoms with van der Waals surface area (Å²) in [5.41, 5.74) is 1.01. The Morgan fingerprint density at radius 3 is 2.73 bits per heavy atom. The number of nitrogens with one attached hydrogen (secondary N) is 2. The van der Waals surface area contributed by atoms with Crippen molar-refractivity contribution >= 4 is 11.8 Å². The van der Waals surface area contributed by atoms with E-state index in [2.05, 4.69) is 20.5 Å². The number of hydrogen-bond donors (Lipinski definition) is 2. The van der Waals surface area contributed by atoms with E-state index in [1.54, 1.807) is 25.5 Å². The molecular weight excluding hydrogens is 335 g/mol. The maximum absolute atomic E-state index is 13.8. The first-order chi connectivity index (χ1) is 12.6. The van der Waals surface area contributed by atoms with E-state index in [1.165, 1.54) is 18.2 Å². The van der Waals surface area contributed by atoms with Crippen LogP contribution in [0.3, 0.4) is 0 Å². The molecule has 0 bridgehead atoms. The van der Waals surface area contributed by atoms with Gasteiger partial charge in [0.2, 0.25) is 5.91 Å².